The molecule has 0 aliphatic carbocycles. The van der Waals surface area contributed by atoms with Crippen LogP contribution in [0.3, 0.4) is 0 Å². The Balaban J connectivity index is 0.00000162. The maximum atomic E-state index is 12.2. The lowest BCUT2D eigenvalue weighted by molar-refractivity contribution is -0.134. The van der Waals surface area contributed by atoms with Crippen LogP contribution in [0.15, 0.2) is 0 Å². The first kappa shape index (κ1) is 19.0. The van der Waals surface area contributed by atoms with Gasteiger partial charge in [0.2, 0.25) is 5.91 Å². The Labute approximate surface area is 129 Å². The Morgan fingerprint density at radius 1 is 1.21 bits per heavy atom. The van der Waals surface area contributed by atoms with Crippen molar-refractivity contribution in [1.29, 1.82) is 0 Å². The van der Waals surface area contributed by atoms with E-state index in [0.29, 0.717) is 11.8 Å². The van der Waals surface area contributed by atoms with Gasteiger partial charge in [0.15, 0.2) is 0 Å². The van der Waals surface area contributed by atoms with E-state index < -0.39 is 0 Å². The van der Waals surface area contributed by atoms with Gasteiger partial charge in [0, 0.05) is 32.7 Å². The van der Waals surface area contributed by atoms with E-state index in [1.54, 1.807) is 0 Å². The molecule has 2 aliphatic heterocycles. The highest BCUT2D eigenvalue weighted by Gasteiger charge is 2.29. The lowest BCUT2D eigenvalue weighted by Gasteiger charge is -2.36. The minimum Gasteiger partial charge on any atom is -0.339 e. The Kier molecular flexibility index (Phi) is 8.99. The van der Waals surface area contributed by atoms with E-state index in [2.05, 4.69) is 24.1 Å². The number of rotatable bonds is 3. The third kappa shape index (κ3) is 5.46. The summed E-state index contributed by atoms with van der Waals surface area (Å²) in [6.45, 7) is 10.5. The molecule has 0 unspecified atom stereocenters. The van der Waals surface area contributed by atoms with Crippen molar-refractivity contribution in [2.45, 2.75) is 32.7 Å². The molecule has 0 aromatic carbocycles. The van der Waals surface area contributed by atoms with E-state index in [1.165, 1.54) is 0 Å². The molecule has 19 heavy (non-hydrogen) atoms. The SMILES string of the molecule is CC(C)CN1CCN(C(=O)[C@@H]2CCCN2)CC1.Cl.Cl. The normalized spacial score (nSPS) is 23.9. The second-order valence-electron chi connectivity index (χ2n) is 5.67. The zero-order chi connectivity index (χ0) is 12.3. The van der Waals surface area contributed by atoms with Crippen LogP contribution in [-0.4, -0.2) is 61.0 Å². The van der Waals surface area contributed by atoms with Crippen LogP contribution in [0.1, 0.15) is 26.7 Å². The highest BCUT2D eigenvalue weighted by Crippen LogP contribution is 2.11. The maximum absolute atomic E-state index is 12.2. The summed E-state index contributed by atoms with van der Waals surface area (Å²) in [5.41, 5.74) is 0. The van der Waals surface area contributed by atoms with E-state index >= 15 is 0 Å². The van der Waals surface area contributed by atoms with Crippen LogP contribution in [0.4, 0.5) is 0 Å². The predicted molar refractivity (Wildman–Crippen MR) is 83.4 cm³/mol. The fourth-order valence-electron chi connectivity index (χ4n) is 2.78. The standard InChI is InChI=1S/C13H25N3O.2ClH/c1-11(2)10-15-6-8-16(9-7-15)13(17)12-4-3-5-14-12;;/h11-12,14H,3-10H2,1-2H3;2*1H/t12-;;/m0../s1. The zero-order valence-electron chi connectivity index (χ0n) is 11.9. The van der Waals surface area contributed by atoms with E-state index in [1.807, 2.05) is 4.90 Å². The summed E-state index contributed by atoms with van der Waals surface area (Å²) in [5, 5.41) is 3.29. The highest BCUT2D eigenvalue weighted by atomic mass is 35.5. The van der Waals surface area contributed by atoms with Crippen molar-refractivity contribution in [3.63, 3.8) is 0 Å². The average molecular weight is 312 g/mol. The Bertz CT molecular complexity index is 263. The van der Waals surface area contributed by atoms with Gasteiger partial charge in [0.25, 0.3) is 0 Å². The van der Waals surface area contributed by atoms with Crippen molar-refractivity contribution in [3.05, 3.63) is 0 Å². The molecule has 2 saturated heterocycles. The molecule has 0 aromatic rings. The van der Waals surface area contributed by atoms with Crippen molar-refractivity contribution in [2.75, 3.05) is 39.3 Å². The van der Waals surface area contributed by atoms with Gasteiger partial charge in [-0.25, -0.2) is 0 Å². The second-order valence-corrected chi connectivity index (χ2v) is 5.67. The first-order valence-electron chi connectivity index (χ1n) is 6.91. The molecule has 2 heterocycles. The maximum Gasteiger partial charge on any atom is 0.239 e. The third-order valence-electron chi connectivity index (χ3n) is 3.67. The minimum atomic E-state index is 0. The quantitative estimate of drug-likeness (QED) is 0.855. The largest absolute Gasteiger partial charge is 0.339 e. The van der Waals surface area contributed by atoms with Crippen molar-refractivity contribution in [3.8, 4) is 0 Å². The van der Waals surface area contributed by atoms with Crippen LogP contribution in [-0.2, 0) is 4.79 Å². The van der Waals surface area contributed by atoms with Gasteiger partial charge in [0.05, 0.1) is 6.04 Å². The molecular formula is C13H27Cl2N3O. The van der Waals surface area contributed by atoms with Crippen LogP contribution in [0.5, 0.6) is 0 Å². The van der Waals surface area contributed by atoms with E-state index in [0.717, 1.165) is 52.1 Å². The molecule has 1 amide bonds. The zero-order valence-corrected chi connectivity index (χ0v) is 13.6. The van der Waals surface area contributed by atoms with Crippen LogP contribution in [0.25, 0.3) is 0 Å². The molecule has 2 fully saturated rings. The first-order valence-corrected chi connectivity index (χ1v) is 6.91. The van der Waals surface area contributed by atoms with Gasteiger partial charge in [-0.1, -0.05) is 13.8 Å². The smallest absolute Gasteiger partial charge is 0.239 e. The summed E-state index contributed by atoms with van der Waals surface area (Å²) < 4.78 is 0. The van der Waals surface area contributed by atoms with Crippen molar-refractivity contribution < 1.29 is 4.79 Å². The van der Waals surface area contributed by atoms with Gasteiger partial charge in [-0.15, -0.1) is 24.8 Å². The summed E-state index contributed by atoms with van der Waals surface area (Å²) in [6.07, 6.45) is 2.16. The predicted octanol–water partition coefficient (Wildman–Crippen LogP) is 1.38. The first-order chi connectivity index (χ1) is 8.16. The summed E-state index contributed by atoms with van der Waals surface area (Å²) in [4.78, 5) is 16.7. The number of carbonyl (C=O) groups is 1. The minimum absolute atomic E-state index is 0. The highest BCUT2D eigenvalue weighted by molar-refractivity contribution is 5.85. The van der Waals surface area contributed by atoms with Gasteiger partial charge >= 0.3 is 0 Å². The molecule has 2 rings (SSSR count). The van der Waals surface area contributed by atoms with E-state index in [-0.39, 0.29) is 30.9 Å². The Morgan fingerprint density at radius 2 is 1.84 bits per heavy atom. The number of amides is 1. The van der Waals surface area contributed by atoms with E-state index in [4.69, 9.17) is 0 Å². The molecular weight excluding hydrogens is 285 g/mol. The fraction of sp³-hybridized carbons (Fsp3) is 0.923. The molecule has 2 aliphatic rings. The topological polar surface area (TPSA) is 35.6 Å². The fourth-order valence-corrected chi connectivity index (χ4v) is 2.78. The van der Waals surface area contributed by atoms with Crippen LogP contribution < -0.4 is 5.32 Å². The third-order valence-corrected chi connectivity index (χ3v) is 3.67. The van der Waals surface area contributed by atoms with Crippen LogP contribution in [0, 0.1) is 5.92 Å². The van der Waals surface area contributed by atoms with Gasteiger partial charge in [-0.2, -0.15) is 0 Å². The van der Waals surface area contributed by atoms with E-state index in [9.17, 15) is 4.79 Å². The number of carbonyl (C=O) groups excluding carboxylic acids is 1. The van der Waals surface area contributed by atoms with Gasteiger partial charge < -0.3 is 10.2 Å². The van der Waals surface area contributed by atoms with Gasteiger partial charge in [-0.05, 0) is 25.3 Å². The number of nitrogens with one attached hydrogen (secondary N) is 1. The molecule has 0 radical (unpaired) electrons. The average Bonchev–Trinajstić information content (AvgIpc) is 2.82. The van der Waals surface area contributed by atoms with Crippen LogP contribution >= 0.6 is 24.8 Å². The lowest BCUT2D eigenvalue weighted by atomic mass is 10.1. The number of hydrogen-bond acceptors (Lipinski definition) is 3. The number of hydrogen-bond donors (Lipinski definition) is 1. The molecule has 0 bridgehead atoms. The van der Waals surface area contributed by atoms with Crippen LogP contribution in [0.2, 0.25) is 0 Å². The van der Waals surface area contributed by atoms with Crippen molar-refractivity contribution in [1.82, 2.24) is 15.1 Å². The Morgan fingerprint density at radius 3 is 2.32 bits per heavy atom. The second kappa shape index (κ2) is 9.01. The van der Waals surface area contributed by atoms with Gasteiger partial charge in [-0.3, -0.25) is 9.69 Å². The molecule has 6 heteroatoms. The number of halogens is 2. The van der Waals surface area contributed by atoms with Crippen molar-refractivity contribution in [2.24, 2.45) is 5.92 Å². The number of nitrogens with zero attached hydrogens (tertiary/aromatic N) is 2. The molecule has 0 saturated carbocycles. The molecule has 114 valence electrons. The summed E-state index contributed by atoms with van der Waals surface area (Å²) in [6, 6.07) is 0.103. The molecule has 0 spiro atoms. The lowest BCUT2D eigenvalue weighted by Crippen LogP contribution is -2.53. The van der Waals surface area contributed by atoms with Crippen molar-refractivity contribution >= 4 is 30.7 Å². The molecule has 1 atom stereocenters. The summed E-state index contributed by atoms with van der Waals surface area (Å²) >= 11 is 0. The monoisotopic (exact) mass is 311 g/mol. The summed E-state index contributed by atoms with van der Waals surface area (Å²) in [7, 11) is 0. The summed E-state index contributed by atoms with van der Waals surface area (Å²) in [5.74, 6) is 1.04. The number of piperazine rings is 1. The molecule has 0 aromatic heterocycles. The molecule has 4 nitrogen and oxygen atoms in total. The van der Waals surface area contributed by atoms with Gasteiger partial charge in [0.1, 0.15) is 0 Å². The Hall–Kier alpha value is -0.0300. The molecule has 1 N–H and O–H groups in total.